The maximum absolute atomic E-state index is 13.5. The standard InChI is InChI=1S/C22H24N4O2/c1-12-8-9-14-16(11-12)25-21(24-14)17-6-4-10-26(17)22(28)19-13(2)23-15-5-3-7-18(27)20(15)19/h8-9,11,17,23H,3-7,10H2,1-2H3,(H,24,25). The first-order valence-electron chi connectivity index (χ1n) is 10.0. The molecule has 1 aliphatic heterocycles. The number of likely N-dealkylation sites (tertiary alicyclic amines) is 1. The van der Waals surface area contributed by atoms with E-state index < -0.39 is 0 Å². The maximum atomic E-state index is 13.5. The van der Waals surface area contributed by atoms with Crippen molar-refractivity contribution < 1.29 is 9.59 Å². The number of imidazole rings is 1. The Bertz CT molecular complexity index is 1110. The van der Waals surface area contributed by atoms with Gasteiger partial charge in [0.1, 0.15) is 5.82 Å². The smallest absolute Gasteiger partial charge is 0.257 e. The Morgan fingerprint density at radius 1 is 1.18 bits per heavy atom. The van der Waals surface area contributed by atoms with E-state index in [1.807, 2.05) is 24.0 Å². The first kappa shape index (κ1) is 17.2. The molecule has 3 heterocycles. The van der Waals surface area contributed by atoms with Crippen LogP contribution in [0.3, 0.4) is 0 Å². The molecule has 6 heteroatoms. The summed E-state index contributed by atoms with van der Waals surface area (Å²) < 4.78 is 0. The third kappa shape index (κ3) is 2.58. The van der Waals surface area contributed by atoms with Gasteiger partial charge in [-0.15, -0.1) is 0 Å². The second kappa shape index (κ2) is 6.33. The van der Waals surface area contributed by atoms with Gasteiger partial charge in [0.2, 0.25) is 0 Å². The van der Waals surface area contributed by atoms with Crippen molar-refractivity contribution in [1.82, 2.24) is 19.9 Å². The highest BCUT2D eigenvalue weighted by molar-refractivity contribution is 6.10. The van der Waals surface area contributed by atoms with Crippen LogP contribution in [0, 0.1) is 13.8 Å². The van der Waals surface area contributed by atoms with E-state index in [-0.39, 0.29) is 17.7 Å². The van der Waals surface area contributed by atoms with Gasteiger partial charge in [-0.05, 0) is 57.2 Å². The van der Waals surface area contributed by atoms with Crippen LogP contribution in [0.1, 0.15) is 75.2 Å². The number of ketones is 1. The Hall–Kier alpha value is -2.89. The van der Waals surface area contributed by atoms with Crippen molar-refractivity contribution in [2.45, 2.75) is 52.0 Å². The molecule has 1 unspecified atom stereocenters. The molecule has 1 amide bonds. The summed E-state index contributed by atoms with van der Waals surface area (Å²) in [6, 6.07) is 6.06. The Morgan fingerprint density at radius 3 is 2.89 bits per heavy atom. The predicted octanol–water partition coefficient (Wildman–Crippen LogP) is 4.00. The number of carbonyl (C=O) groups is 2. The molecule has 1 fully saturated rings. The summed E-state index contributed by atoms with van der Waals surface area (Å²) in [5.74, 6) is 0.869. The number of Topliss-reactive ketones (excluding diaryl/α,β-unsaturated/α-hetero) is 1. The van der Waals surface area contributed by atoms with Crippen LogP contribution in [0.15, 0.2) is 18.2 Å². The third-order valence-electron chi connectivity index (χ3n) is 6.07. The molecule has 2 aliphatic rings. The number of H-pyrrole nitrogens is 2. The van der Waals surface area contributed by atoms with Crippen molar-refractivity contribution in [2.75, 3.05) is 6.54 Å². The average molecular weight is 376 g/mol. The fourth-order valence-electron chi connectivity index (χ4n) is 4.74. The molecular weight excluding hydrogens is 352 g/mol. The summed E-state index contributed by atoms with van der Waals surface area (Å²) in [4.78, 5) is 39.4. The quantitative estimate of drug-likeness (QED) is 0.709. The molecule has 1 aliphatic carbocycles. The van der Waals surface area contributed by atoms with Gasteiger partial charge in [0.05, 0.1) is 28.2 Å². The van der Waals surface area contributed by atoms with Crippen LogP contribution < -0.4 is 0 Å². The number of aromatic nitrogens is 3. The normalized spacial score (nSPS) is 19.4. The lowest BCUT2D eigenvalue weighted by atomic mass is 9.92. The Labute approximate surface area is 163 Å². The lowest BCUT2D eigenvalue weighted by Gasteiger charge is -2.24. The Morgan fingerprint density at radius 2 is 2.04 bits per heavy atom. The number of amides is 1. The van der Waals surface area contributed by atoms with Gasteiger partial charge in [0.15, 0.2) is 5.78 Å². The number of aromatic amines is 2. The van der Waals surface area contributed by atoms with Gasteiger partial charge in [0, 0.05) is 24.4 Å². The van der Waals surface area contributed by atoms with Gasteiger partial charge < -0.3 is 14.9 Å². The van der Waals surface area contributed by atoms with Crippen molar-refractivity contribution >= 4 is 22.7 Å². The number of aryl methyl sites for hydroxylation is 3. The predicted molar refractivity (Wildman–Crippen MR) is 107 cm³/mol. The zero-order valence-corrected chi connectivity index (χ0v) is 16.3. The fraction of sp³-hybridized carbons (Fsp3) is 0.409. The SMILES string of the molecule is Cc1ccc2nc(C3CCCN3C(=O)c3c(C)[nH]c4c3C(=O)CCC4)[nH]c2c1. The topological polar surface area (TPSA) is 81.8 Å². The molecule has 28 heavy (non-hydrogen) atoms. The van der Waals surface area contributed by atoms with Crippen molar-refractivity contribution in [3.8, 4) is 0 Å². The van der Waals surface area contributed by atoms with E-state index in [2.05, 4.69) is 23.0 Å². The van der Waals surface area contributed by atoms with Crippen LogP contribution in [0.25, 0.3) is 11.0 Å². The Balaban J connectivity index is 1.53. The number of hydrogen-bond acceptors (Lipinski definition) is 3. The molecule has 1 atom stereocenters. The molecule has 6 nitrogen and oxygen atoms in total. The summed E-state index contributed by atoms with van der Waals surface area (Å²) in [6.45, 7) is 4.64. The number of benzene rings is 1. The minimum absolute atomic E-state index is 0.0515. The lowest BCUT2D eigenvalue weighted by molar-refractivity contribution is 0.0724. The van der Waals surface area contributed by atoms with Gasteiger partial charge in [0.25, 0.3) is 5.91 Å². The third-order valence-corrected chi connectivity index (χ3v) is 6.07. The van der Waals surface area contributed by atoms with Crippen LogP contribution in [0.4, 0.5) is 0 Å². The summed E-state index contributed by atoms with van der Waals surface area (Å²) in [6.07, 6.45) is 4.03. The first-order chi connectivity index (χ1) is 13.5. The van der Waals surface area contributed by atoms with Gasteiger partial charge in [-0.25, -0.2) is 4.98 Å². The van der Waals surface area contributed by atoms with Crippen LogP contribution in [-0.4, -0.2) is 38.1 Å². The van der Waals surface area contributed by atoms with Crippen LogP contribution >= 0.6 is 0 Å². The number of hydrogen-bond donors (Lipinski definition) is 2. The molecule has 1 aromatic carbocycles. The van der Waals surface area contributed by atoms with Gasteiger partial charge in [-0.2, -0.15) is 0 Å². The lowest BCUT2D eigenvalue weighted by Crippen LogP contribution is -2.32. The number of nitrogens with zero attached hydrogens (tertiary/aromatic N) is 2. The van der Waals surface area contributed by atoms with Crippen molar-refractivity contribution in [3.05, 3.63) is 52.1 Å². The van der Waals surface area contributed by atoms with E-state index in [4.69, 9.17) is 4.98 Å². The largest absolute Gasteiger partial charge is 0.361 e. The monoisotopic (exact) mass is 376 g/mol. The summed E-state index contributed by atoms with van der Waals surface area (Å²) in [7, 11) is 0. The Kier molecular flexibility index (Phi) is 3.89. The van der Waals surface area contributed by atoms with Gasteiger partial charge in [-0.3, -0.25) is 9.59 Å². The van der Waals surface area contributed by atoms with Gasteiger partial charge >= 0.3 is 0 Å². The van der Waals surface area contributed by atoms with E-state index in [9.17, 15) is 9.59 Å². The number of carbonyl (C=O) groups excluding carboxylic acids is 2. The molecular formula is C22H24N4O2. The molecule has 2 N–H and O–H groups in total. The molecule has 0 radical (unpaired) electrons. The van der Waals surface area contributed by atoms with Crippen LogP contribution in [0.5, 0.6) is 0 Å². The highest BCUT2D eigenvalue weighted by Gasteiger charge is 2.37. The van der Waals surface area contributed by atoms with E-state index in [0.29, 0.717) is 24.1 Å². The molecule has 144 valence electrons. The second-order valence-corrected chi connectivity index (χ2v) is 8.05. The zero-order chi connectivity index (χ0) is 19.4. The van der Waals surface area contributed by atoms with E-state index in [1.54, 1.807) is 0 Å². The average Bonchev–Trinajstić information content (AvgIpc) is 3.36. The van der Waals surface area contributed by atoms with E-state index in [0.717, 1.165) is 53.9 Å². The molecule has 3 aromatic rings. The number of fused-ring (bicyclic) bond motifs is 2. The molecule has 0 saturated carbocycles. The van der Waals surface area contributed by atoms with E-state index in [1.165, 1.54) is 5.56 Å². The van der Waals surface area contributed by atoms with Gasteiger partial charge in [-0.1, -0.05) is 6.07 Å². The van der Waals surface area contributed by atoms with E-state index >= 15 is 0 Å². The van der Waals surface area contributed by atoms with Crippen molar-refractivity contribution in [3.63, 3.8) is 0 Å². The van der Waals surface area contributed by atoms with Crippen molar-refractivity contribution in [2.24, 2.45) is 0 Å². The first-order valence-corrected chi connectivity index (χ1v) is 10.0. The molecule has 1 saturated heterocycles. The number of nitrogens with one attached hydrogen (secondary N) is 2. The fourth-order valence-corrected chi connectivity index (χ4v) is 4.74. The zero-order valence-electron chi connectivity index (χ0n) is 16.3. The summed E-state index contributed by atoms with van der Waals surface area (Å²) >= 11 is 0. The molecule has 0 bridgehead atoms. The maximum Gasteiger partial charge on any atom is 0.257 e. The number of rotatable bonds is 2. The summed E-state index contributed by atoms with van der Waals surface area (Å²) in [5, 5.41) is 0. The second-order valence-electron chi connectivity index (χ2n) is 8.05. The van der Waals surface area contributed by atoms with Crippen LogP contribution in [0.2, 0.25) is 0 Å². The molecule has 0 spiro atoms. The highest BCUT2D eigenvalue weighted by atomic mass is 16.2. The highest BCUT2D eigenvalue weighted by Crippen LogP contribution is 2.35. The van der Waals surface area contributed by atoms with Crippen molar-refractivity contribution in [1.29, 1.82) is 0 Å². The minimum Gasteiger partial charge on any atom is -0.361 e. The molecule has 2 aromatic heterocycles. The van der Waals surface area contributed by atoms with Crippen LogP contribution in [-0.2, 0) is 6.42 Å². The minimum atomic E-state index is -0.0798. The summed E-state index contributed by atoms with van der Waals surface area (Å²) in [5.41, 5.74) is 6.02. The molecule has 5 rings (SSSR count).